The summed E-state index contributed by atoms with van der Waals surface area (Å²) < 4.78 is 42.9. The Morgan fingerprint density at radius 2 is 1.76 bits per heavy atom. The van der Waals surface area contributed by atoms with E-state index in [-0.39, 0.29) is 6.42 Å². The van der Waals surface area contributed by atoms with Crippen molar-refractivity contribution < 1.29 is 13.2 Å². The zero-order valence-corrected chi connectivity index (χ0v) is 13.9. The van der Waals surface area contributed by atoms with E-state index < -0.39 is 17.6 Å². The summed E-state index contributed by atoms with van der Waals surface area (Å²) in [6.07, 6.45) is -3.25. The highest BCUT2D eigenvalue weighted by molar-refractivity contribution is 6.04. The number of alkyl halides is 3. The van der Waals surface area contributed by atoms with Crippen molar-refractivity contribution in [2.75, 3.05) is 5.01 Å². The second kappa shape index (κ2) is 5.61. The summed E-state index contributed by atoms with van der Waals surface area (Å²) in [7, 11) is 0. The van der Waals surface area contributed by atoms with Gasteiger partial charge in [-0.05, 0) is 43.4 Å². The fourth-order valence-corrected chi connectivity index (χ4v) is 3.75. The number of rotatable bonds is 3. The van der Waals surface area contributed by atoms with Crippen molar-refractivity contribution in [1.29, 1.82) is 0 Å². The number of benzene rings is 2. The van der Waals surface area contributed by atoms with Crippen LogP contribution >= 0.6 is 0 Å². The lowest BCUT2D eigenvalue weighted by Gasteiger charge is -2.39. The summed E-state index contributed by atoms with van der Waals surface area (Å²) in [4.78, 5) is 0. The molecule has 2 aliphatic rings. The van der Waals surface area contributed by atoms with Crippen LogP contribution in [-0.2, 0) is 0 Å². The third-order valence-electron chi connectivity index (χ3n) is 5.13. The zero-order valence-electron chi connectivity index (χ0n) is 13.9. The second-order valence-electron chi connectivity index (χ2n) is 6.94. The minimum absolute atomic E-state index is 0.0977. The Kier molecular flexibility index (Phi) is 3.63. The molecule has 0 spiro atoms. The van der Waals surface area contributed by atoms with Crippen LogP contribution in [0.5, 0.6) is 0 Å². The number of hydrazone groups is 1. The Morgan fingerprint density at radius 1 is 1.04 bits per heavy atom. The van der Waals surface area contributed by atoms with Crippen molar-refractivity contribution in [1.82, 2.24) is 0 Å². The maximum absolute atomic E-state index is 14.3. The van der Waals surface area contributed by atoms with Gasteiger partial charge in [-0.25, -0.2) is 5.01 Å². The molecule has 5 heteroatoms. The van der Waals surface area contributed by atoms with Gasteiger partial charge in [-0.2, -0.15) is 18.3 Å². The molecule has 1 saturated carbocycles. The molecule has 1 heterocycles. The first kappa shape index (κ1) is 16.2. The second-order valence-corrected chi connectivity index (χ2v) is 6.94. The van der Waals surface area contributed by atoms with Crippen molar-refractivity contribution in [3.63, 3.8) is 0 Å². The average Bonchev–Trinajstić information content (AvgIpc) is 3.34. The number of hydrogen-bond donors (Lipinski definition) is 0. The molecular weight excluding hydrogens is 325 g/mol. The highest BCUT2D eigenvalue weighted by atomic mass is 19.4. The first-order chi connectivity index (χ1) is 11.9. The van der Waals surface area contributed by atoms with E-state index in [9.17, 15) is 13.2 Å². The number of hydrogen-bond acceptors (Lipinski definition) is 2. The Labute approximate surface area is 145 Å². The molecule has 0 aromatic heterocycles. The van der Waals surface area contributed by atoms with Gasteiger partial charge >= 0.3 is 6.18 Å². The fraction of sp³-hybridized carbons (Fsp3) is 0.350. The van der Waals surface area contributed by atoms with Crippen molar-refractivity contribution in [2.45, 2.75) is 37.9 Å². The van der Waals surface area contributed by atoms with Crippen LogP contribution in [0.15, 0.2) is 59.7 Å². The van der Waals surface area contributed by atoms with E-state index in [4.69, 9.17) is 0 Å². The summed E-state index contributed by atoms with van der Waals surface area (Å²) in [5, 5.41) is 5.72. The molecule has 2 aromatic rings. The highest BCUT2D eigenvalue weighted by Crippen LogP contribution is 2.57. The van der Waals surface area contributed by atoms with E-state index in [1.807, 2.05) is 31.2 Å². The molecule has 4 rings (SSSR count). The molecule has 0 radical (unpaired) electrons. The molecule has 1 atom stereocenters. The molecule has 0 amide bonds. The van der Waals surface area contributed by atoms with Crippen LogP contribution in [0.4, 0.5) is 18.9 Å². The van der Waals surface area contributed by atoms with Crippen LogP contribution in [0.1, 0.15) is 30.4 Å². The SMILES string of the molecule is Cc1cccc(C2=NN(c3ccccc3)C(C3CC3)(C(F)(F)F)C2)c1. The normalized spacial score (nSPS) is 23.7. The predicted molar refractivity (Wildman–Crippen MR) is 92.8 cm³/mol. The van der Waals surface area contributed by atoms with Crippen LogP contribution in [0.3, 0.4) is 0 Å². The standard InChI is InChI=1S/C20H19F3N2/c1-14-6-5-7-15(12-14)18-13-19(16-10-11-16,20(21,22)23)25(24-18)17-8-3-2-4-9-17/h2-9,12,16H,10-11,13H2,1H3. The molecule has 0 N–H and O–H groups in total. The van der Waals surface area contributed by atoms with Gasteiger partial charge in [-0.1, -0.05) is 48.0 Å². The molecule has 1 unspecified atom stereocenters. The summed E-state index contributed by atoms with van der Waals surface area (Å²) in [6, 6.07) is 16.3. The lowest BCUT2D eigenvalue weighted by Crippen LogP contribution is -2.57. The third kappa shape index (κ3) is 2.62. The van der Waals surface area contributed by atoms with E-state index in [0.717, 1.165) is 11.1 Å². The summed E-state index contributed by atoms with van der Waals surface area (Å²) in [5.41, 5.74) is 0.856. The Bertz CT molecular complexity index is 809. The van der Waals surface area contributed by atoms with E-state index in [1.54, 1.807) is 30.3 Å². The van der Waals surface area contributed by atoms with Crippen LogP contribution in [0, 0.1) is 12.8 Å². The smallest absolute Gasteiger partial charge is 0.249 e. The monoisotopic (exact) mass is 344 g/mol. The molecule has 130 valence electrons. The molecule has 1 aliphatic carbocycles. The Balaban J connectivity index is 1.85. The first-order valence-corrected chi connectivity index (χ1v) is 8.48. The van der Waals surface area contributed by atoms with Gasteiger partial charge in [0.15, 0.2) is 5.54 Å². The quantitative estimate of drug-likeness (QED) is 0.736. The molecule has 0 saturated heterocycles. The molecule has 1 aliphatic heterocycles. The van der Waals surface area contributed by atoms with Crippen molar-refractivity contribution in [2.24, 2.45) is 11.0 Å². The van der Waals surface area contributed by atoms with E-state index in [2.05, 4.69) is 5.10 Å². The van der Waals surface area contributed by atoms with Crippen LogP contribution in [0.2, 0.25) is 0 Å². The highest BCUT2D eigenvalue weighted by Gasteiger charge is 2.68. The molecule has 0 bridgehead atoms. The minimum Gasteiger partial charge on any atom is -0.249 e. The van der Waals surface area contributed by atoms with E-state index in [0.29, 0.717) is 24.2 Å². The summed E-state index contributed by atoms with van der Waals surface area (Å²) in [5.74, 6) is -0.404. The number of nitrogens with zero attached hydrogens (tertiary/aromatic N) is 2. The average molecular weight is 344 g/mol. The lowest BCUT2D eigenvalue weighted by molar-refractivity contribution is -0.189. The van der Waals surface area contributed by atoms with Gasteiger partial charge in [0.25, 0.3) is 0 Å². The number of halogens is 3. The summed E-state index contributed by atoms with van der Waals surface area (Å²) >= 11 is 0. The van der Waals surface area contributed by atoms with Crippen LogP contribution < -0.4 is 5.01 Å². The van der Waals surface area contributed by atoms with Gasteiger partial charge in [0.2, 0.25) is 0 Å². The number of aryl methyl sites for hydroxylation is 1. The van der Waals surface area contributed by atoms with Gasteiger partial charge in [0, 0.05) is 6.42 Å². The molecule has 2 nitrogen and oxygen atoms in total. The molecular formula is C20H19F3N2. The first-order valence-electron chi connectivity index (χ1n) is 8.48. The molecule has 2 aromatic carbocycles. The van der Waals surface area contributed by atoms with Crippen molar-refractivity contribution in [3.05, 3.63) is 65.7 Å². The Morgan fingerprint density at radius 3 is 2.36 bits per heavy atom. The van der Waals surface area contributed by atoms with Gasteiger partial charge < -0.3 is 0 Å². The fourth-order valence-electron chi connectivity index (χ4n) is 3.75. The lowest BCUT2D eigenvalue weighted by atomic mass is 9.85. The van der Waals surface area contributed by atoms with Crippen molar-refractivity contribution in [3.8, 4) is 0 Å². The van der Waals surface area contributed by atoms with Crippen LogP contribution in [0.25, 0.3) is 0 Å². The van der Waals surface area contributed by atoms with E-state index >= 15 is 0 Å². The minimum atomic E-state index is -4.35. The van der Waals surface area contributed by atoms with Gasteiger partial charge in [0.1, 0.15) is 0 Å². The topological polar surface area (TPSA) is 15.6 Å². The molecule has 25 heavy (non-hydrogen) atoms. The maximum Gasteiger partial charge on any atom is 0.414 e. The van der Waals surface area contributed by atoms with E-state index in [1.165, 1.54) is 5.01 Å². The number of anilines is 1. The Hall–Kier alpha value is -2.30. The number of para-hydroxylation sites is 1. The largest absolute Gasteiger partial charge is 0.414 e. The predicted octanol–water partition coefficient (Wildman–Crippen LogP) is 5.32. The third-order valence-corrected chi connectivity index (χ3v) is 5.13. The van der Waals surface area contributed by atoms with Crippen LogP contribution in [-0.4, -0.2) is 17.4 Å². The van der Waals surface area contributed by atoms with Gasteiger partial charge in [0.05, 0.1) is 11.4 Å². The van der Waals surface area contributed by atoms with Gasteiger partial charge in [-0.15, -0.1) is 0 Å². The maximum atomic E-state index is 14.3. The molecule has 1 fully saturated rings. The zero-order chi connectivity index (χ0) is 17.7. The van der Waals surface area contributed by atoms with Crippen molar-refractivity contribution >= 4 is 11.4 Å². The summed E-state index contributed by atoms with van der Waals surface area (Å²) in [6.45, 7) is 1.94. The van der Waals surface area contributed by atoms with Gasteiger partial charge in [-0.3, -0.25) is 0 Å².